The van der Waals surface area contributed by atoms with Crippen molar-refractivity contribution in [3.8, 4) is 22.9 Å². The van der Waals surface area contributed by atoms with E-state index >= 15 is 0 Å². The highest BCUT2D eigenvalue weighted by Crippen LogP contribution is 2.32. The minimum atomic E-state index is -4.49. The van der Waals surface area contributed by atoms with Crippen LogP contribution in [0.3, 0.4) is 0 Å². The molecule has 0 spiro atoms. The Bertz CT molecular complexity index is 1180. The van der Waals surface area contributed by atoms with Crippen LogP contribution in [-0.2, 0) is 11.0 Å². The number of halogens is 3. The molecule has 0 bridgehead atoms. The van der Waals surface area contributed by atoms with Crippen LogP contribution in [0.4, 0.5) is 18.9 Å². The summed E-state index contributed by atoms with van der Waals surface area (Å²) in [5, 5.41) is 10.8. The van der Waals surface area contributed by atoms with Gasteiger partial charge in [-0.1, -0.05) is 17.8 Å². The van der Waals surface area contributed by atoms with E-state index in [-0.39, 0.29) is 16.6 Å². The number of amides is 1. The van der Waals surface area contributed by atoms with Crippen LogP contribution in [-0.4, -0.2) is 26.8 Å². The molecule has 0 aliphatic carbocycles. The zero-order valence-electron chi connectivity index (χ0n) is 15.6. The molecule has 0 atom stereocenters. The summed E-state index contributed by atoms with van der Waals surface area (Å²) in [7, 11) is 0. The number of carbonyl (C=O) groups excluding carboxylic acids is 1. The highest BCUT2D eigenvalue weighted by molar-refractivity contribution is 7.99. The van der Waals surface area contributed by atoms with E-state index in [4.69, 9.17) is 8.83 Å². The van der Waals surface area contributed by atoms with Crippen LogP contribution in [0, 0.1) is 0 Å². The number of alkyl halides is 3. The standard InChI is InChI=1S/C20H13F3N4O3S/c21-20(22,23)12-4-1-5-13(10-12)24-16(28)11-31-19-25-17(14-6-2-8-29-14)18(26-27-19)15-7-3-9-30-15/h1-10H,11H2,(H,24,28). The summed E-state index contributed by atoms with van der Waals surface area (Å²) in [6, 6.07) is 11.2. The third-order valence-electron chi connectivity index (χ3n) is 3.98. The van der Waals surface area contributed by atoms with Gasteiger partial charge in [-0.3, -0.25) is 4.79 Å². The van der Waals surface area contributed by atoms with Gasteiger partial charge >= 0.3 is 6.18 Å². The third-order valence-corrected chi connectivity index (χ3v) is 4.82. The quantitative estimate of drug-likeness (QED) is 0.410. The first kappa shape index (κ1) is 20.7. The van der Waals surface area contributed by atoms with Crippen molar-refractivity contribution in [2.75, 3.05) is 11.1 Å². The minimum absolute atomic E-state index is 0.0453. The van der Waals surface area contributed by atoms with Gasteiger partial charge in [-0.2, -0.15) is 13.2 Å². The predicted octanol–water partition coefficient (Wildman–Crippen LogP) is 5.14. The van der Waals surface area contributed by atoms with Gasteiger partial charge in [-0.05, 0) is 42.5 Å². The maximum Gasteiger partial charge on any atom is 0.416 e. The molecule has 4 aromatic rings. The number of nitrogens with one attached hydrogen (secondary N) is 1. The van der Waals surface area contributed by atoms with E-state index in [1.54, 1.807) is 24.3 Å². The molecule has 1 N–H and O–H groups in total. The zero-order chi connectivity index (χ0) is 21.8. The van der Waals surface area contributed by atoms with E-state index in [1.807, 2.05) is 0 Å². The summed E-state index contributed by atoms with van der Waals surface area (Å²) in [5.41, 5.74) is -0.0422. The van der Waals surface area contributed by atoms with Crippen molar-refractivity contribution in [1.82, 2.24) is 15.2 Å². The third kappa shape index (κ3) is 4.94. The lowest BCUT2D eigenvalue weighted by atomic mass is 10.2. The number of rotatable bonds is 6. The number of benzene rings is 1. The van der Waals surface area contributed by atoms with Gasteiger partial charge in [0.05, 0.1) is 23.8 Å². The number of anilines is 1. The Hall–Kier alpha value is -3.60. The summed E-state index contributed by atoms with van der Waals surface area (Å²) in [4.78, 5) is 16.6. The molecule has 11 heteroatoms. The molecule has 3 heterocycles. The van der Waals surface area contributed by atoms with E-state index in [2.05, 4.69) is 20.5 Å². The lowest BCUT2D eigenvalue weighted by Gasteiger charge is -2.10. The first-order chi connectivity index (χ1) is 14.9. The van der Waals surface area contributed by atoms with Crippen molar-refractivity contribution < 1.29 is 26.8 Å². The van der Waals surface area contributed by atoms with Gasteiger partial charge in [0.15, 0.2) is 17.2 Å². The molecular weight excluding hydrogens is 433 g/mol. The second-order valence-corrected chi connectivity index (χ2v) is 7.10. The topological polar surface area (TPSA) is 94.0 Å². The Balaban J connectivity index is 1.48. The fourth-order valence-electron chi connectivity index (χ4n) is 2.64. The molecule has 0 saturated heterocycles. The lowest BCUT2D eigenvalue weighted by Crippen LogP contribution is -2.15. The van der Waals surface area contributed by atoms with Crippen LogP contribution >= 0.6 is 11.8 Å². The Morgan fingerprint density at radius 3 is 2.32 bits per heavy atom. The van der Waals surface area contributed by atoms with Crippen LogP contribution in [0.2, 0.25) is 0 Å². The number of thioether (sulfide) groups is 1. The molecule has 0 aliphatic heterocycles. The fourth-order valence-corrected chi connectivity index (χ4v) is 3.22. The van der Waals surface area contributed by atoms with Crippen molar-refractivity contribution in [2.24, 2.45) is 0 Å². The summed E-state index contributed by atoms with van der Waals surface area (Å²) >= 11 is 0.984. The van der Waals surface area contributed by atoms with Crippen LogP contribution in [0.15, 0.2) is 75.0 Å². The van der Waals surface area contributed by atoms with Gasteiger partial charge in [-0.25, -0.2) is 4.98 Å². The number of hydrogen-bond acceptors (Lipinski definition) is 7. The van der Waals surface area contributed by atoms with Gasteiger partial charge in [0, 0.05) is 5.69 Å². The largest absolute Gasteiger partial charge is 0.463 e. The highest BCUT2D eigenvalue weighted by Gasteiger charge is 2.30. The molecule has 0 radical (unpaired) electrons. The van der Waals surface area contributed by atoms with E-state index in [0.717, 1.165) is 23.9 Å². The molecule has 7 nitrogen and oxygen atoms in total. The van der Waals surface area contributed by atoms with Crippen molar-refractivity contribution in [3.63, 3.8) is 0 Å². The first-order valence-corrected chi connectivity index (χ1v) is 9.81. The number of carbonyl (C=O) groups is 1. The van der Waals surface area contributed by atoms with E-state index in [1.165, 1.54) is 24.7 Å². The average molecular weight is 446 g/mol. The van der Waals surface area contributed by atoms with Crippen LogP contribution in [0.25, 0.3) is 22.9 Å². The van der Waals surface area contributed by atoms with Crippen molar-refractivity contribution in [2.45, 2.75) is 11.3 Å². The molecule has 1 aromatic carbocycles. The first-order valence-electron chi connectivity index (χ1n) is 8.82. The van der Waals surface area contributed by atoms with Crippen LogP contribution in [0.5, 0.6) is 0 Å². The molecule has 0 aliphatic rings. The number of hydrogen-bond donors (Lipinski definition) is 1. The molecule has 0 unspecified atom stereocenters. The highest BCUT2D eigenvalue weighted by atomic mass is 32.2. The summed E-state index contributed by atoms with van der Waals surface area (Å²) in [6.07, 6.45) is -1.52. The van der Waals surface area contributed by atoms with Crippen molar-refractivity contribution in [3.05, 3.63) is 66.6 Å². The molecule has 4 rings (SSSR count). The number of aromatic nitrogens is 3. The Morgan fingerprint density at radius 2 is 1.68 bits per heavy atom. The molecule has 0 saturated carbocycles. The van der Waals surface area contributed by atoms with Gasteiger partial charge in [0.2, 0.25) is 11.1 Å². The summed E-state index contributed by atoms with van der Waals surface area (Å²) in [6.45, 7) is 0. The molecule has 0 fully saturated rings. The number of nitrogens with zero attached hydrogens (tertiary/aromatic N) is 3. The van der Waals surface area contributed by atoms with E-state index < -0.39 is 17.6 Å². The Labute approximate surface area is 177 Å². The number of furan rings is 2. The van der Waals surface area contributed by atoms with E-state index in [9.17, 15) is 18.0 Å². The van der Waals surface area contributed by atoms with Crippen LogP contribution in [0.1, 0.15) is 5.56 Å². The Kier molecular flexibility index (Phi) is 5.76. The molecule has 158 valence electrons. The van der Waals surface area contributed by atoms with Gasteiger partial charge < -0.3 is 14.2 Å². The maximum atomic E-state index is 12.8. The average Bonchev–Trinajstić information content (AvgIpc) is 3.46. The predicted molar refractivity (Wildman–Crippen MR) is 106 cm³/mol. The minimum Gasteiger partial charge on any atom is -0.463 e. The van der Waals surface area contributed by atoms with Crippen LogP contribution < -0.4 is 5.32 Å². The van der Waals surface area contributed by atoms with Gasteiger partial charge in [-0.15, -0.1) is 10.2 Å². The molecule has 3 aromatic heterocycles. The normalized spacial score (nSPS) is 11.5. The molecule has 1 amide bonds. The van der Waals surface area contributed by atoms with Gasteiger partial charge in [0.25, 0.3) is 0 Å². The second kappa shape index (κ2) is 8.64. The summed E-state index contributed by atoms with van der Waals surface area (Å²) in [5.74, 6) is 0.250. The lowest BCUT2D eigenvalue weighted by molar-refractivity contribution is -0.137. The SMILES string of the molecule is O=C(CSc1nnc(-c2ccco2)c(-c2ccco2)n1)Nc1cccc(C(F)(F)F)c1. The van der Waals surface area contributed by atoms with Crippen molar-refractivity contribution in [1.29, 1.82) is 0 Å². The second-order valence-electron chi connectivity index (χ2n) is 6.16. The van der Waals surface area contributed by atoms with Gasteiger partial charge in [0.1, 0.15) is 5.69 Å². The Morgan fingerprint density at radius 1 is 0.968 bits per heavy atom. The fraction of sp³-hybridized carbons (Fsp3) is 0.100. The smallest absolute Gasteiger partial charge is 0.416 e. The maximum absolute atomic E-state index is 12.8. The van der Waals surface area contributed by atoms with E-state index in [0.29, 0.717) is 22.9 Å². The molecular formula is C20H13F3N4O3S. The zero-order valence-corrected chi connectivity index (χ0v) is 16.4. The molecule has 31 heavy (non-hydrogen) atoms. The monoisotopic (exact) mass is 446 g/mol. The summed E-state index contributed by atoms with van der Waals surface area (Å²) < 4.78 is 49.2. The van der Waals surface area contributed by atoms with Crippen molar-refractivity contribution >= 4 is 23.4 Å².